The molecule has 2 heterocycles. The second-order valence-electron chi connectivity index (χ2n) is 7.74. The van der Waals surface area contributed by atoms with E-state index in [2.05, 4.69) is 10.2 Å². The normalized spacial score (nSPS) is 17.0. The summed E-state index contributed by atoms with van der Waals surface area (Å²) in [5.74, 6) is -1.60. The first-order valence-corrected chi connectivity index (χ1v) is 12.5. The molecule has 3 aromatic rings. The lowest BCUT2D eigenvalue weighted by Crippen LogP contribution is -2.31. The van der Waals surface area contributed by atoms with Crippen LogP contribution in [0, 0.1) is 6.92 Å². The number of halogens is 1. The highest BCUT2D eigenvalue weighted by molar-refractivity contribution is 7.95. The number of aliphatic hydroxyl groups excluding tert-OH is 1. The Kier molecular flexibility index (Phi) is 5.83. The average Bonchev–Trinajstić information content (AvgIpc) is 3.33. The maximum atomic E-state index is 13.6. The second kappa shape index (κ2) is 8.31. The fourth-order valence-electron chi connectivity index (χ4n) is 3.40. The van der Waals surface area contributed by atoms with Gasteiger partial charge in [-0.2, -0.15) is 0 Å². The molecule has 4 rings (SSSR count). The zero-order valence-corrected chi connectivity index (χ0v) is 19.9. The van der Waals surface area contributed by atoms with Crippen LogP contribution in [0.3, 0.4) is 0 Å². The summed E-state index contributed by atoms with van der Waals surface area (Å²) < 4.78 is 27.2. The number of carbonyl (C=O) groups is 1. The summed E-state index contributed by atoms with van der Waals surface area (Å²) in [6.45, 7) is 5.72. The first-order chi connectivity index (χ1) is 15.1. The maximum Gasteiger partial charge on any atom is 0.296 e. The topological polar surface area (TPSA) is 100 Å². The van der Waals surface area contributed by atoms with E-state index in [4.69, 9.17) is 11.6 Å². The summed E-state index contributed by atoms with van der Waals surface area (Å²) >= 11 is 7.20. The highest BCUT2D eigenvalue weighted by Gasteiger charge is 2.48. The third-order valence-corrected chi connectivity index (χ3v) is 8.46. The molecule has 2 aromatic carbocycles. The summed E-state index contributed by atoms with van der Waals surface area (Å²) in [7, 11) is -4.20. The van der Waals surface area contributed by atoms with Crippen LogP contribution in [-0.4, -0.2) is 29.6 Å². The third-order valence-electron chi connectivity index (χ3n) is 5.10. The molecule has 0 saturated carbocycles. The van der Waals surface area contributed by atoms with E-state index in [-0.39, 0.29) is 15.9 Å². The van der Waals surface area contributed by atoms with E-state index >= 15 is 0 Å². The Morgan fingerprint density at radius 2 is 1.69 bits per heavy atom. The van der Waals surface area contributed by atoms with Crippen molar-refractivity contribution >= 4 is 43.8 Å². The summed E-state index contributed by atoms with van der Waals surface area (Å²) in [4.78, 5) is 13.9. The van der Waals surface area contributed by atoms with Crippen molar-refractivity contribution in [2.75, 3.05) is 4.90 Å². The van der Waals surface area contributed by atoms with E-state index < -0.39 is 32.5 Å². The van der Waals surface area contributed by atoms with Gasteiger partial charge in [0.1, 0.15) is 16.0 Å². The van der Waals surface area contributed by atoms with Gasteiger partial charge in [-0.3, -0.25) is 9.69 Å². The molecule has 7 nitrogen and oxygen atoms in total. The van der Waals surface area contributed by atoms with E-state index in [1.54, 1.807) is 36.4 Å². The van der Waals surface area contributed by atoms with Crippen LogP contribution in [-0.2, 0) is 14.6 Å². The average molecular weight is 490 g/mol. The predicted molar refractivity (Wildman–Crippen MR) is 124 cm³/mol. The van der Waals surface area contributed by atoms with Gasteiger partial charge in [-0.1, -0.05) is 66.6 Å². The Labute approximate surface area is 194 Å². The van der Waals surface area contributed by atoms with Crippen LogP contribution in [0.25, 0.3) is 0 Å². The minimum absolute atomic E-state index is 0.0154. The van der Waals surface area contributed by atoms with Gasteiger partial charge in [0.05, 0.1) is 4.90 Å². The number of aromatic nitrogens is 2. The molecule has 0 spiro atoms. The highest BCUT2D eigenvalue weighted by atomic mass is 35.5. The lowest BCUT2D eigenvalue weighted by atomic mass is 10.1. The van der Waals surface area contributed by atoms with Crippen molar-refractivity contribution in [1.29, 1.82) is 0 Å². The Morgan fingerprint density at radius 1 is 1.06 bits per heavy atom. The lowest BCUT2D eigenvalue weighted by molar-refractivity contribution is -0.117. The van der Waals surface area contributed by atoms with Crippen LogP contribution in [0.1, 0.15) is 41.9 Å². The number of amides is 1. The minimum Gasteiger partial charge on any atom is -0.502 e. The van der Waals surface area contributed by atoms with E-state index in [0.717, 1.165) is 5.56 Å². The zero-order chi connectivity index (χ0) is 23.2. The van der Waals surface area contributed by atoms with Gasteiger partial charge >= 0.3 is 0 Å². The SMILES string of the molecule is Cc1ccc(S(=O)(=O)C2=C(O)C(=O)N(c3nnc(C(C)C)s3)C2c2ccc(Cl)cc2)cc1. The Hall–Kier alpha value is -2.75. The molecule has 1 aliphatic rings. The predicted octanol–water partition coefficient (Wildman–Crippen LogP) is 4.95. The van der Waals surface area contributed by atoms with Crippen molar-refractivity contribution in [3.63, 3.8) is 0 Å². The molecular weight excluding hydrogens is 470 g/mol. The second-order valence-corrected chi connectivity index (χ2v) is 11.1. The summed E-state index contributed by atoms with van der Waals surface area (Å²) in [5, 5.41) is 20.4. The molecule has 166 valence electrons. The molecule has 10 heteroatoms. The van der Waals surface area contributed by atoms with E-state index in [1.165, 1.54) is 28.4 Å². The number of sulfone groups is 1. The van der Waals surface area contributed by atoms with Crippen molar-refractivity contribution in [1.82, 2.24) is 10.2 Å². The van der Waals surface area contributed by atoms with Gasteiger partial charge < -0.3 is 5.11 Å². The van der Waals surface area contributed by atoms with E-state index in [0.29, 0.717) is 15.6 Å². The van der Waals surface area contributed by atoms with Crippen LogP contribution >= 0.6 is 22.9 Å². The summed E-state index contributed by atoms with van der Waals surface area (Å²) in [6.07, 6.45) is 0. The third kappa shape index (κ3) is 3.80. The van der Waals surface area contributed by atoms with Gasteiger partial charge in [-0.25, -0.2) is 8.42 Å². The van der Waals surface area contributed by atoms with Gasteiger partial charge in [0.2, 0.25) is 15.0 Å². The highest BCUT2D eigenvalue weighted by Crippen LogP contribution is 2.46. The van der Waals surface area contributed by atoms with Gasteiger partial charge in [0, 0.05) is 10.9 Å². The summed E-state index contributed by atoms with van der Waals surface area (Å²) in [5.41, 5.74) is 1.36. The first kappa shape index (κ1) is 22.4. The monoisotopic (exact) mass is 489 g/mol. The molecule has 1 atom stereocenters. The largest absolute Gasteiger partial charge is 0.502 e. The Bertz CT molecular complexity index is 1310. The number of carbonyl (C=O) groups excluding carboxylic acids is 1. The molecule has 0 radical (unpaired) electrons. The quantitative estimate of drug-likeness (QED) is 0.544. The molecule has 1 unspecified atom stereocenters. The lowest BCUT2D eigenvalue weighted by Gasteiger charge is -2.24. The minimum atomic E-state index is -4.20. The summed E-state index contributed by atoms with van der Waals surface area (Å²) in [6, 6.07) is 11.6. The number of benzene rings is 2. The van der Waals surface area contributed by atoms with Crippen molar-refractivity contribution in [3.05, 3.63) is 80.4 Å². The van der Waals surface area contributed by atoms with E-state index in [9.17, 15) is 18.3 Å². The number of rotatable bonds is 5. The van der Waals surface area contributed by atoms with E-state index in [1.807, 2.05) is 20.8 Å². The molecule has 0 bridgehead atoms. The molecule has 0 aliphatic carbocycles. The molecule has 1 aliphatic heterocycles. The zero-order valence-electron chi connectivity index (χ0n) is 17.5. The van der Waals surface area contributed by atoms with Crippen molar-refractivity contribution < 1.29 is 18.3 Å². The fraction of sp³-hybridized carbons (Fsp3) is 0.227. The van der Waals surface area contributed by atoms with Gasteiger partial charge in [0.15, 0.2) is 5.76 Å². The number of anilines is 1. The Morgan fingerprint density at radius 3 is 2.25 bits per heavy atom. The van der Waals surface area contributed by atoms with Crippen molar-refractivity contribution in [2.24, 2.45) is 0 Å². The molecule has 32 heavy (non-hydrogen) atoms. The van der Waals surface area contributed by atoms with Crippen LogP contribution in [0.5, 0.6) is 0 Å². The van der Waals surface area contributed by atoms with Crippen LogP contribution in [0.4, 0.5) is 5.13 Å². The van der Waals surface area contributed by atoms with Crippen LogP contribution < -0.4 is 4.90 Å². The van der Waals surface area contributed by atoms with Crippen molar-refractivity contribution in [2.45, 2.75) is 37.6 Å². The molecule has 0 saturated heterocycles. The number of aryl methyl sites for hydroxylation is 1. The van der Waals surface area contributed by atoms with Crippen LogP contribution in [0.15, 0.2) is 64.1 Å². The number of hydrogen-bond acceptors (Lipinski definition) is 7. The number of nitrogens with zero attached hydrogens (tertiary/aromatic N) is 3. The van der Waals surface area contributed by atoms with Gasteiger partial charge in [-0.05, 0) is 36.8 Å². The Balaban J connectivity index is 1.91. The smallest absolute Gasteiger partial charge is 0.296 e. The van der Waals surface area contributed by atoms with Crippen LogP contribution in [0.2, 0.25) is 5.02 Å². The number of hydrogen-bond donors (Lipinski definition) is 1. The first-order valence-electron chi connectivity index (χ1n) is 9.78. The number of aliphatic hydroxyl groups is 1. The van der Waals surface area contributed by atoms with Gasteiger partial charge in [0.25, 0.3) is 5.91 Å². The van der Waals surface area contributed by atoms with Crippen molar-refractivity contribution in [3.8, 4) is 0 Å². The standard InChI is InChI=1S/C22H20ClN3O4S2/c1-12(2)20-24-25-22(31-20)26-17(14-6-8-15(23)9-7-14)19(18(27)21(26)28)32(29,30)16-10-4-13(3)5-11-16/h4-12,17,27H,1-3H3. The molecular formula is C22H20ClN3O4S2. The fourth-order valence-corrected chi connectivity index (χ4v) is 6.03. The molecule has 1 N–H and O–H groups in total. The molecule has 1 aromatic heterocycles. The van der Waals surface area contributed by atoms with Gasteiger partial charge in [-0.15, -0.1) is 10.2 Å². The molecule has 1 amide bonds. The molecule has 0 fully saturated rings. The maximum absolute atomic E-state index is 13.6.